The van der Waals surface area contributed by atoms with Crippen LogP contribution in [0.4, 0.5) is 0 Å². The first-order chi connectivity index (χ1) is 16.7. The first kappa shape index (κ1) is 22.6. The quantitative estimate of drug-likeness (QED) is 0.292. The summed E-state index contributed by atoms with van der Waals surface area (Å²) in [5.41, 5.74) is 9.57. The minimum absolute atomic E-state index is 0.439. The van der Waals surface area contributed by atoms with Crippen LogP contribution in [-0.4, -0.2) is 22.6 Å². The van der Waals surface area contributed by atoms with E-state index >= 15 is 0 Å². The maximum atomic E-state index is 6.07. The molecule has 0 aliphatic carbocycles. The van der Waals surface area contributed by atoms with E-state index in [0.717, 1.165) is 32.8 Å². The van der Waals surface area contributed by atoms with E-state index in [4.69, 9.17) is 4.74 Å². The topological polar surface area (TPSA) is 17.4 Å². The van der Waals surface area contributed by atoms with Gasteiger partial charge in [-0.3, -0.25) is 4.90 Å². The van der Waals surface area contributed by atoms with Crippen LogP contribution in [0.1, 0.15) is 47.7 Å². The number of hydrogen-bond donors (Lipinski definition) is 0. The lowest BCUT2D eigenvalue weighted by Gasteiger charge is -2.33. The van der Waals surface area contributed by atoms with Crippen molar-refractivity contribution in [1.82, 2.24) is 9.47 Å². The molecule has 3 heteroatoms. The zero-order valence-electron chi connectivity index (χ0n) is 20.3. The van der Waals surface area contributed by atoms with E-state index in [1.807, 2.05) is 0 Å². The molecule has 0 saturated heterocycles. The molecule has 0 amide bonds. The summed E-state index contributed by atoms with van der Waals surface area (Å²) in [5, 5.41) is 0. The highest BCUT2D eigenvalue weighted by Gasteiger charge is 2.32. The Labute approximate surface area is 203 Å². The highest BCUT2D eigenvalue weighted by atomic mass is 16.5. The summed E-state index contributed by atoms with van der Waals surface area (Å²) in [6, 6.07) is 32.5. The van der Waals surface area contributed by atoms with Crippen LogP contribution in [-0.2, 0) is 31.0 Å². The smallest absolute Gasteiger partial charge is 0.0741 e. The van der Waals surface area contributed by atoms with Crippen molar-refractivity contribution >= 4 is 0 Å². The maximum Gasteiger partial charge on any atom is 0.0741 e. The van der Waals surface area contributed by atoms with E-state index in [1.165, 1.54) is 39.2 Å². The first-order valence-electron chi connectivity index (χ1n) is 12.4. The number of aromatic nitrogens is 1. The number of hydrogen-bond acceptors (Lipinski definition) is 2. The molecule has 4 aromatic rings. The number of ether oxygens (including phenoxy) is 1. The molecule has 0 saturated carbocycles. The van der Waals surface area contributed by atoms with Crippen LogP contribution >= 0.6 is 0 Å². The van der Waals surface area contributed by atoms with Crippen LogP contribution in [0.25, 0.3) is 11.3 Å². The molecule has 0 spiro atoms. The first-order valence-corrected chi connectivity index (χ1v) is 12.4. The van der Waals surface area contributed by atoms with Gasteiger partial charge in [0.2, 0.25) is 0 Å². The van der Waals surface area contributed by atoms with E-state index in [-0.39, 0.29) is 0 Å². The van der Waals surface area contributed by atoms with Gasteiger partial charge in [0, 0.05) is 50.0 Å². The monoisotopic (exact) mass is 450 g/mol. The summed E-state index contributed by atoms with van der Waals surface area (Å²) in [6.07, 6.45) is 0. The zero-order valence-corrected chi connectivity index (χ0v) is 20.3. The fraction of sp³-hybridized carbons (Fsp3) is 0.290. The van der Waals surface area contributed by atoms with Crippen molar-refractivity contribution < 1.29 is 4.74 Å². The highest BCUT2D eigenvalue weighted by molar-refractivity contribution is 5.68. The highest BCUT2D eigenvalue weighted by Crippen LogP contribution is 2.40. The van der Waals surface area contributed by atoms with Crippen molar-refractivity contribution in [2.45, 2.75) is 46.0 Å². The van der Waals surface area contributed by atoms with Crippen LogP contribution in [0.3, 0.4) is 0 Å². The van der Waals surface area contributed by atoms with E-state index in [1.54, 1.807) is 0 Å². The van der Waals surface area contributed by atoms with Crippen LogP contribution in [0.5, 0.6) is 0 Å². The number of nitrogens with zero attached hydrogens (tertiary/aromatic N) is 2. The van der Waals surface area contributed by atoms with Gasteiger partial charge in [-0.05, 0) is 29.2 Å². The van der Waals surface area contributed by atoms with E-state index in [2.05, 4.69) is 114 Å². The van der Waals surface area contributed by atoms with Crippen LogP contribution in [0, 0.1) is 0 Å². The van der Waals surface area contributed by atoms with Crippen LogP contribution < -0.4 is 0 Å². The van der Waals surface area contributed by atoms with Crippen molar-refractivity contribution in [3.63, 3.8) is 0 Å². The minimum Gasteiger partial charge on any atom is -0.377 e. The molecule has 0 bridgehead atoms. The Morgan fingerprint density at radius 2 is 1.38 bits per heavy atom. The molecule has 0 radical (unpaired) electrons. The van der Waals surface area contributed by atoms with E-state index in [0.29, 0.717) is 12.5 Å². The fourth-order valence-corrected chi connectivity index (χ4v) is 5.42. The Kier molecular flexibility index (Phi) is 6.94. The molecule has 1 aliphatic heterocycles. The lowest BCUT2D eigenvalue weighted by atomic mass is 9.94. The number of rotatable bonds is 8. The Bertz CT molecular complexity index is 1200. The van der Waals surface area contributed by atoms with Gasteiger partial charge in [-0.15, -0.1) is 0 Å². The molecule has 34 heavy (non-hydrogen) atoms. The summed E-state index contributed by atoms with van der Waals surface area (Å²) in [7, 11) is 0. The molecule has 3 aromatic carbocycles. The molecular weight excluding hydrogens is 416 g/mol. The zero-order chi connectivity index (χ0) is 23.3. The van der Waals surface area contributed by atoms with E-state index < -0.39 is 0 Å². The Balaban J connectivity index is 1.62. The van der Waals surface area contributed by atoms with Gasteiger partial charge in [0.05, 0.1) is 12.3 Å². The minimum atomic E-state index is 0.439. The van der Waals surface area contributed by atoms with Crippen molar-refractivity contribution in [1.29, 1.82) is 0 Å². The summed E-state index contributed by atoms with van der Waals surface area (Å²) < 4.78 is 8.65. The summed E-state index contributed by atoms with van der Waals surface area (Å²) in [4.78, 5) is 2.60. The van der Waals surface area contributed by atoms with Crippen molar-refractivity contribution in [3.05, 3.63) is 119 Å². The Hall–Kier alpha value is -3.14. The third-order valence-electron chi connectivity index (χ3n) is 6.83. The molecule has 3 nitrogen and oxygen atoms in total. The standard InChI is InChI=1S/C31H34N2O/c1-3-34-23-29-28-22-32(20-25-13-7-4-8-14-25)19-24(2)30(28)33(21-26-15-9-5-10-16-26)31(29)27-17-11-6-12-18-27/h4-18,24H,3,19-23H2,1-2H3. The average Bonchev–Trinajstić information content (AvgIpc) is 3.17. The molecular formula is C31H34N2O. The van der Waals surface area contributed by atoms with Gasteiger partial charge in [-0.1, -0.05) is 97.9 Å². The molecule has 1 aliphatic rings. The third kappa shape index (κ3) is 4.72. The third-order valence-corrected chi connectivity index (χ3v) is 6.83. The lowest BCUT2D eigenvalue weighted by molar-refractivity contribution is 0.132. The normalized spacial score (nSPS) is 15.9. The molecule has 1 aromatic heterocycles. The second-order valence-electron chi connectivity index (χ2n) is 9.32. The molecule has 0 fully saturated rings. The predicted octanol–water partition coefficient (Wildman–Crippen LogP) is 6.86. The van der Waals surface area contributed by atoms with Crippen molar-refractivity contribution in [3.8, 4) is 11.3 Å². The predicted molar refractivity (Wildman–Crippen MR) is 140 cm³/mol. The van der Waals surface area contributed by atoms with Gasteiger partial charge >= 0.3 is 0 Å². The average molecular weight is 451 g/mol. The maximum absolute atomic E-state index is 6.07. The van der Waals surface area contributed by atoms with Crippen LogP contribution in [0.15, 0.2) is 91.0 Å². The van der Waals surface area contributed by atoms with Gasteiger partial charge in [0.15, 0.2) is 0 Å². The summed E-state index contributed by atoms with van der Waals surface area (Å²) in [6.45, 7) is 9.71. The summed E-state index contributed by atoms with van der Waals surface area (Å²) in [5.74, 6) is 0.439. The molecule has 2 heterocycles. The van der Waals surface area contributed by atoms with Gasteiger partial charge in [-0.2, -0.15) is 0 Å². The molecule has 174 valence electrons. The SMILES string of the molecule is CCOCc1c2c(n(Cc3ccccc3)c1-c1ccccc1)C(C)CN(Cc1ccccc1)C2. The van der Waals surface area contributed by atoms with Gasteiger partial charge in [0.1, 0.15) is 0 Å². The Morgan fingerprint density at radius 1 is 0.794 bits per heavy atom. The number of benzene rings is 3. The molecule has 5 rings (SSSR count). The second kappa shape index (κ2) is 10.4. The van der Waals surface area contributed by atoms with Crippen molar-refractivity contribution in [2.75, 3.05) is 13.2 Å². The van der Waals surface area contributed by atoms with Gasteiger partial charge in [-0.25, -0.2) is 0 Å². The Morgan fingerprint density at radius 3 is 2.00 bits per heavy atom. The molecule has 1 unspecified atom stereocenters. The van der Waals surface area contributed by atoms with Crippen LogP contribution in [0.2, 0.25) is 0 Å². The largest absolute Gasteiger partial charge is 0.377 e. The van der Waals surface area contributed by atoms with Gasteiger partial charge in [0.25, 0.3) is 0 Å². The van der Waals surface area contributed by atoms with Gasteiger partial charge < -0.3 is 9.30 Å². The summed E-state index contributed by atoms with van der Waals surface area (Å²) >= 11 is 0. The number of fused-ring (bicyclic) bond motifs is 1. The second-order valence-corrected chi connectivity index (χ2v) is 9.32. The molecule has 1 atom stereocenters. The van der Waals surface area contributed by atoms with Crippen molar-refractivity contribution in [2.24, 2.45) is 0 Å². The molecule has 0 N–H and O–H groups in total. The lowest BCUT2D eigenvalue weighted by Crippen LogP contribution is -2.33. The van der Waals surface area contributed by atoms with E-state index in [9.17, 15) is 0 Å². The fourth-order valence-electron chi connectivity index (χ4n) is 5.42.